The Morgan fingerprint density at radius 1 is 1.17 bits per heavy atom. The Kier molecular flexibility index (Phi) is 3.84. The molecule has 0 aliphatic heterocycles. The van der Waals surface area contributed by atoms with Gasteiger partial charge in [0.05, 0.1) is 11.7 Å². The molecular weight excluding hydrogens is 228 g/mol. The molecule has 2 aliphatic carbocycles. The molecule has 3 unspecified atom stereocenters. The molecule has 0 radical (unpaired) electrons. The van der Waals surface area contributed by atoms with E-state index in [1.165, 1.54) is 0 Å². The lowest BCUT2D eigenvalue weighted by Gasteiger charge is -2.42. The molecule has 0 heterocycles. The maximum absolute atomic E-state index is 12.4. The van der Waals surface area contributed by atoms with Crippen LogP contribution in [0.2, 0.25) is 0 Å². The van der Waals surface area contributed by atoms with Gasteiger partial charge in [0, 0.05) is 11.3 Å². The lowest BCUT2D eigenvalue weighted by atomic mass is 9.66. The average Bonchev–Trinajstić information content (AvgIpc) is 2.29. The van der Waals surface area contributed by atoms with Crippen LogP contribution >= 0.6 is 0 Å². The van der Waals surface area contributed by atoms with Crippen molar-refractivity contribution < 1.29 is 15.0 Å². The van der Waals surface area contributed by atoms with E-state index in [1.54, 1.807) is 0 Å². The van der Waals surface area contributed by atoms with Gasteiger partial charge in [-0.25, -0.2) is 0 Å². The fraction of sp³-hybridized carbons (Fsp3) is 0.933. The van der Waals surface area contributed by atoms with Crippen molar-refractivity contribution in [1.82, 2.24) is 0 Å². The predicted octanol–water partition coefficient (Wildman–Crippen LogP) is 2.44. The van der Waals surface area contributed by atoms with Crippen LogP contribution in [-0.4, -0.2) is 27.7 Å². The summed E-state index contributed by atoms with van der Waals surface area (Å²) in [5.74, 6) is 0.214. The van der Waals surface area contributed by atoms with E-state index in [9.17, 15) is 15.0 Å². The van der Waals surface area contributed by atoms with Gasteiger partial charge in [0.15, 0.2) is 0 Å². The molecule has 0 amide bonds. The molecule has 2 N–H and O–H groups in total. The molecule has 104 valence electrons. The van der Waals surface area contributed by atoms with Crippen LogP contribution in [0.4, 0.5) is 0 Å². The molecule has 3 nitrogen and oxygen atoms in total. The molecule has 0 bridgehead atoms. The fourth-order valence-electron chi connectivity index (χ4n) is 3.66. The number of hydrogen-bond acceptors (Lipinski definition) is 3. The molecule has 0 spiro atoms. The van der Waals surface area contributed by atoms with Gasteiger partial charge in [0.1, 0.15) is 5.78 Å². The van der Waals surface area contributed by atoms with Crippen molar-refractivity contribution in [2.75, 3.05) is 0 Å². The molecule has 0 aromatic rings. The average molecular weight is 254 g/mol. The summed E-state index contributed by atoms with van der Waals surface area (Å²) in [4.78, 5) is 12.4. The molecule has 3 atom stereocenters. The summed E-state index contributed by atoms with van der Waals surface area (Å²) in [6.45, 7) is 4.01. The Morgan fingerprint density at radius 2 is 1.89 bits per heavy atom. The zero-order chi connectivity index (χ0) is 13.4. The molecule has 0 aromatic carbocycles. The number of aliphatic hydroxyl groups excluding tert-OH is 1. The van der Waals surface area contributed by atoms with Gasteiger partial charge in [-0.15, -0.1) is 0 Å². The van der Waals surface area contributed by atoms with Crippen LogP contribution in [0, 0.1) is 11.3 Å². The topological polar surface area (TPSA) is 57.5 Å². The SMILES string of the molecule is CC1(C)CCCC(CC2(O)CCCCC2O)C1=O. The molecule has 0 saturated heterocycles. The molecular formula is C15H26O3. The van der Waals surface area contributed by atoms with Crippen LogP contribution in [0.25, 0.3) is 0 Å². The number of carbonyl (C=O) groups excluding carboxylic acids is 1. The van der Waals surface area contributed by atoms with Crippen LogP contribution < -0.4 is 0 Å². The Labute approximate surface area is 110 Å². The Balaban J connectivity index is 2.06. The lowest BCUT2D eigenvalue weighted by molar-refractivity contribution is -0.145. The first kappa shape index (κ1) is 14.0. The van der Waals surface area contributed by atoms with Crippen molar-refractivity contribution in [3.8, 4) is 0 Å². The number of ketones is 1. The van der Waals surface area contributed by atoms with Crippen LogP contribution in [0.5, 0.6) is 0 Å². The highest BCUT2D eigenvalue weighted by Gasteiger charge is 2.45. The monoisotopic (exact) mass is 254 g/mol. The summed E-state index contributed by atoms with van der Waals surface area (Å²) in [6, 6.07) is 0. The van der Waals surface area contributed by atoms with Gasteiger partial charge in [-0.3, -0.25) is 4.79 Å². The molecule has 2 fully saturated rings. The Bertz CT molecular complexity index is 324. The van der Waals surface area contributed by atoms with E-state index >= 15 is 0 Å². The normalized spacial score (nSPS) is 40.8. The van der Waals surface area contributed by atoms with Gasteiger partial charge in [0.2, 0.25) is 0 Å². The second kappa shape index (κ2) is 4.93. The number of carbonyl (C=O) groups is 1. The van der Waals surface area contributed by atoms with E-state index in [1.807, 2.05) is 13.8 Å². The summed E-state index contributed by atoms with van der Waals surface area (Å²) in [6.07, 6.45) is 5.92. The standard InChI is InChI=1S/C15H26O3/c1-14(2)8-5-6-11(13(14)17)10-15(18)9-4-3-7-12(15)16/h11-12,16,18H,3-10H2,1-2H3. The Morgan fingerprint density at radius 3 is 2.56 bits per heavy atom. The van der Waals surface area contributed by atoms with Gasteiger partial charge in [-0.1, -0.05) is 33.1 Å². The largest absolute Gasteiger partial charge is 0.390 e. The first-order valence-electron chi connectivity index (χ1n) is 7.30. The maximum Gasteiger partial charge on any atom is 0.141 e. The molecule has 2 rings (SSSR count). The van der Waals surface area contributed by atoms with Crippen molar-refractivity contribution in [3.05, 3.63) is 0 Å². The van der Waals surface area contributed by atoms with Gasteiger partial charge in [-0.05, 0) is 32.1 Å². The van der Waals surface area contributed by atoms with Gasteiger partial charge >= 0.3 is 0 Å². The minimum Gasteiger partial charge on any atom is -0.390 e. The predicted molar refractivity (Wildman–Crippen MR) is 70.2 cm³/mol. The second-order valence-electron chi connectivity index (χ2n) is 6.91. The lowest BCUT2D eigenvalue weighted by Crippen LogP contribution is -2.49. The summed E-state index contributed by atoms with van der Waals surface area (Å²) >= 11 is 0. The number of hydrogen-bond donors (Lipinski definition) is 2. The van der Waals surface area contributed by atoms with Crippen LogP contribution in [-0.2, 0) is 4.79 Å². The zero-order valence-corrected chi connectivity index (χ0v) is 11.6. The minimum absolute atomic E-state index is 0.0634. The number of Topliss-reactive ketones (excluding diaryl/α,β-unsaturated/α-hetero) is 1. The van der Waals surface area contributed by atoms with Gasteiger partial charge < -0.3 is 10.2 Å². The van der Waals surface area contributed by atoms with Crippen molar-refractivity contribution in [2.45, 2.75) is 76.9 Å². The Hall–Kier alpha value is -0.410. The third-order valence-electron chi connectivity index (χ3n) is 4.95. The second-order valence-corrected chi connectivity index (χ2v) is 6.91. The van der Waals surface area contributed by atoms with E-state index in [0.29, 0.717) is 19.3 Å². The molecule has 18 heavy (non-hydrogen) atoms. The number of aliphatic hydroxyl groups is 2. The highest BCUT2D eigenvalue weighted by molar-refractivity contribution is 5.87. The number of rotatable bonds is 2. The van der Waals surface area contributed by atoms with E-state index in [4.69, 9.17) is 0 Å². The third kappa shape index (κ3) is 2.62. The molecule has 0 aromatic heterocycles. The highest BCUT2D eigenvalue weighted by atomic mass is 16.3. The van der Waals surface area contributed by atoms with E-state index in [0.717, 1.165) is 32.1 Å². The molecule has 2 saturated carbocycles. The summed E-state index contributed by atoms with van der Waals surface area (Å²) in [7, 11) is 0. The van der Waals surface area contributed by atoms with Gasteiger partial charge in [-0.2, -0.15) is 0 Å². The first-order chi connectivity index (χ1) is 8.35. The van der Waals surface area contributed by atoms with Crippen molar-refractivity contribution in [2.24, 2.45) is 11.3 Å². The summed E-state index contributed by atoms with van der Waals surface area (Å²) in [5.41, 5.74) is -1.27. The quantitative estimate of drug-likeness (QED) is 0.795. The first-order valence-corrected chi connectivity index (χ1v) is 7.30. The minimum atomic E-state index is -1.02. The zero-order valence-electron chi connectivity index (χ0n) is 11.6. The van der Waals surface area contributed by atoms with Crippen molar-refractivity contribution in [1.29, 1.82) is 0 Å². The van der Waals surface area contributed by atoms with Crippen LogP contribution in [0.3, 0.4) is 0 Å². The van der Waals surface area contributed by atoms with Crippen LogP contribution in [0.15, 0.2) is 0 Å². The van der Waals surface area contributed by atoms with Crippen molar-refractivity contribution >= 4 is 5.78 Å². The summed E-state index contributed by atoms with van der Waals surface area (Å²) < 4.78 is 0. The fourth-order valence-corrected chi connectivity index (χ4v) is 3.66. The van der Waals surface area contributed by atoms with E-state index in [-0.39, 0.29) is 17.1 Å². The molecule has 2 aliphatic rings. The van der Waals surface area contributed by atoms with Gasteiger partial charge in [0.25, 0.3) is 0 Å². The summed E-state index contributed by atoms with van der Waals surface area (Å²) in [5, 5.41) is 20.6. The van der Waals surface area contributed by atoms with Crippen LogP contribution in [0.1, 0.15) is 65.2 Å². The molecule has 3 heteroatoms. The van der Waals surface area contributed by atoms with E-state index < -0.39 is 11.7 Å². The maximum atomic E-state index is 12.4. The van der Waals surface area contributed by atoms with Crippen molar-refractivity contribution in [3.63, 3.8) is 0 Å². The third-order valence-corrected chi connectivity index (χ3v) is 4.95. The highest BCUT2D eigenvalue weighted by Crippen LogP contribution is 2.41. The van der Waals surface area contributed by atoms with E-state index in [2.05, 4.69) is 0 Å². The smallest absolute Gasteiger partial charge is 0.141 e.